The Labute approximate surface area is 114 Å². The molecule has 4 nitrogen and oxygen atoms in total. The van der Waals surface area contributed by atoms with Gasteiger partial charge in [-0.15, -0.1) is 0 Å². The van der Waals surface area contributed by atoms with Crippen LogP contribution in [0.15, 0.2) is 30.3 Å². The monoisotopic (exact) mass is 262 g/mol. The van der Waals surface area contributed by atoms with Crippen LogP contribution in [0, 0.1) is 5.92 Å². The van der Waals surface area contributed by atoms with Crippen LogP contribution in [-0.2, 0) is 4.79 Å². The van der Waals surface area contributed by atoms with Crippen molar-refractivity contribution in [1.29, 1.82) is 0 Å². The van der Waals surface area contributed by atoms with Crippen molar-refractivity contribution in [2.24, 2.45) is 5.92 Å². The van der Waals surface area contributed by atoms with Gasteiger partial charge in [0.25, 0.3) is 5.91 Å². The summed E-state index contributed by atoms with van der Waals surface area (Å²) in [6.07, 6.45) is 1.16. The maximum absolute atomic E-state index is 11.9. The van der Waals surface area contributed by atoms with Crippen molar-refractivity contribution in [2.75, 3.05) is 26.7 Å². The van der Waals surface area contributed by atoms with Crippen LogP contribution in [0.3, 0.4) is 0 Å². The third-order valence-corrected chi connectivity index (χ3v) is 3.77. The predicted molar refractivity (Wildman–Crippen MR) is 74.6 cm³/mol. The Balaban J connectivity index is 1.78. The zero-order valence-electron chi connectivity index (χ0n) is 11.4. The van der Waals surface area contributed by atoms with E-state index < -0.39 is 6.10 Å². The van der Waals surface area contributed by atoms with E-state index in [4.69, 9.17) is 0 Å². The van der Waals surface area contributed by atoms with E-state index in [1.165, 1.54) is 0 Å². The molecule has 2 N–H and O–H groups in total. The van der Waals surface area contributed by atoms with E-state index >= 15 is 0 Å². The summed E-state index contributed by atoms with van der Waals surface area (Å²) in [5.74, 6) is 0.230. The lowest BCUT2D eigenvalue weighted by molar-refractivity contribution is -0.129. The van der Waals surface area contributed by atoms with Crippen LogP contribution < -0.4 is 5.32 Å². The molecule has 0 bridgehead atoms. The first-order chi connectivity index (χ1) is 9.16. The van der Waals surface area contributed by atoms with Gasteiger partial charge in [-0.2, -0.15) is 0 Å². The van der Waals surface area contributed by atoms with E-state index in [1.807, 2.05) is 18.2 Å². The first kappa shape index (κ1) is 14.0. The fraction of sp³-hybridized carbons (Fsp3) is 0.533. The van der Waals surface area contributed by atoms with Crippen LogP contribution in [0.2, 0.25) is 0 Å². The number of aliphatic hydroxyl groups is 1. The van der Waals surface area contributed by atoms with Gasteiger partial charge in [-0.05, 0) is 44.5 Å². The lowest BCUT2D eigenvalue weighted by Gasteiger charge is -2.29. The quantitative estimate of drug-likeness (QED) is 0.856. The summed E-state index contributed by atoms with van der Waals surface area (Å²) in [6, 6.07) is 9.04. The molecule has 0 aromatic heterocycles. The highest BCUT2D eigenvalue weighted by molar-refractivity contribution is 5.81. The van der Waals surface area contributed by atoms with E-state index in [-0.39, 0.29) is 5.91 Å². The molecule has 1 aliphatic rings. The lowest BCUT2D eigenvalue weighted by atomic mass is 9.97. The Morgan fingerprint density at radius 1 is 1.37 bits per heavy atom. The van der Waals surface area contributed by atoms with Gasteiger partial charge in [0, 0.05) is 6.54 Å². The number of aliphatic hydroxyl groups excluding tert-OH is 1. The third kappa shape index (κ3) is 4.04. The second-order valence-corrected chi connectivity index (χ2v) is 5.31. The Bertz CT molecular complexity index is 400. The molecule has 1 fully saturated rings. The zero-order chi connectivity index (χ0) is 13.7. The number of hydrogen-bond donors (Lipinski definition) is 2. The molecule has 19 heavy (non-hydrogen) atoms. The molecular weight excluding hydrogens is 240 g/mol. The zero-order valence-corrected chi connectivity index (χ0v) is 11.4. The molecular formula is C15H22N2O2. The molecule has 1 aromatic rings. The van der Waals surface area contributed by atoms with Gasteiger partial charge in [-0.25, -0.2) is 0 Å². The third-order valence-electron chi connectivity index (χ3n) is 3.77. The first-order valence-corrected chi connectivity index (χ1v) is 6.86. The summed E-state index contributed by atoms with van der Waals surface area (Å²) < 4.78 is 0. The topological polar surface area (TPSA) is 52.6 Å². The number of rotatable bonds is 4. The molecule has 1 aliphatic heterocycles. The van der Waals surface area contributed by atoms with E-state index in [9.17, 15) is 9.90 Å². The molecule has 1 unspecified atom stereocenters. The van der Waals surface area contributed by atoms with Crippen LogP contribution in [0.25, 0.3) is 0 Å². The number of carbonyl (C=O) groups is 1. The van der Waals surface area contributed by atoms with E-state index in [1.54, 1.807) is 12.1 Å². The van der Waals surface area contributed by atoms with Crippen molar-refractivity contribution < 1.29 is 9.90 Å². The minimum Gasteiger partial charge on any atom is -0.378 e. The summed E-state index contributed by atoms with van der Waals surface area (Å²) >= 11 is 0. The number of piperidine rings is 1. The second-order valence-electron chi connectivity index (χ2n) is 5.31. The largest absolute Gasteiger partial charge is 0.378 e. The number of hydrogen-bond acceptors (Lipinski definition) is 3. The summed E-state index contributed by atoms with van der Waals surface area (Å²) in [7, 11) is 2.12. The summed E-state index contributed by atoms with van der Waals surface area (Å²) in [4.78, 5) is 14.2. The van der Waals surface area contributed by atoms with Crippen LogP contribution in [0.5, 0.6) is 0 Å². The van der Waals surface area contributed by atoms with Crippen LogP contribution >= 0.6 is 0 Å². The molecule has 0 spiro atoms. The van der Waals surface area contributed by atoms with Crippen molar-refractivity contribution in [3.8, 4) is 0 Å². The van der Waals surface area contributed by atoms with Crippen LogP contribution in [-0.4, -0.2) is 42.6 Å². The molecule has 0 radical (unpaired) electrons. The summed E-state index contributed by atoms with van der Waals surface area (Å²) in [5.41, 5.74) is 0.642. The molecule has 1 heterocycles. The molecule has 0 aliphatic carbocycles. The molecule has 1 amide bonds. The number of benzene rings is 1. The van der Waals surface area contributed by atoms with Crippen LogP contribution in [0.1, 0.15) is 24.5 Å². The van der Waals surface area contributed by atoms with Gasteiger partial charge < -0.3 is 15.3 Å². The van der Waals surface area contributed by atoms with Crippen LogP contribution in [0.4, 0.5) is 0 Å². The summed E-state index contributed by atoms with van der Waals surface area (Å²) in [6.45, 7) is 2.83. The normalized spacial score (nSPS) is 19.1. The smallest absolute Gasteiger partial charge is 0.253 e. The number of amides is 1. The Kier molecular flexibility index (Phi) is 4.93. The van der Waals surface area contributed by atoms with Gasteiger partial charge in [0.1, 0.15) is 0 Å². The number of nitrogens with one attached hydrogen (secondary N) is 1. The maximum atomic E-state index is 11.9. The molecule has 1 aromatic carbocycles. The lowest BCUT2D eigenvalue weighted by Crippen LogP contribution is -2.38. The average Bonchev–Trinajstić information content (AvgIpc) is 2.46. The van der Waals surface area contributed by atoms with Gasteiger partial charge in [0.2, 0.25) is 0 Å². The van der Waals surface area contributed by atoms with Gasteiger partial charge in [0.15, 0.2) is 6.10 Å². The van der Waals surface area contributed by atoms with E-state index in [2.05, 4.69) is 17.3 Å². The maximum Gasteiger partial charge on any atom is 0.253 e. The van der Waals surface area contributed by atoms with Crippen molar-refractivity contribution in [3.63, 3.8) is 0 Å². The Hall–Kier alpha value is -1.39. The number of nitrogens with zero attached hydrogens (tertiary/aromatic N) is 1. The van der Waals surface area contributed by atoms with E-state index in [0.717, 1.165) is 25.9 Å². The van der Waals surface area contributed by atoms with Gasteiger partial charge >= 0.3 is 0 Å². The summed E-state index contributed by atoms with van der Waals surface area (Å²) in [5, 5.41) is 12.8. The molecule has 1 saturated heterocycles. The van der Waals surface area contributed by atoms with Crippen molar-refractivity contribution in [1.82, 2.24) is 10.2 Å². The highest BCUT2D eigenvalue weighted by Gasteiger charge is 2.20. The molecule has 1 atom stereocenters. The molecule has 104 valence electrons. The van der Waals surface area contributed by atoms with Crippen molar-refractivity contribution in [3.05, 3.63) is 35.9 Å². The number of likely N-dealkylation sites (tertiary alicyclic amines) is 1. The highest BCUT2D eigenvalue weighted by atomic mass is 16.3. The Morgan fingerprint density at radius 3 is 2.63 bits per heavy atom. The van der Waals surface area contributed by atoms with Gasteiger partial charge in [-0.1, -0.05) is 30.3 Å². The van der Waals surface area contributed by atoms with Gasteiger partial charge in [0.05, 0.1) is 0 Å². The first-order valence-electron chi connectivity index (χ1n) is 6.86. The minimum absolute atomic E-state index is 0.301. The fourth-order valence-electron chi connectivity index (χ4n) is 2.39. The SMILES string of the molecule is CN1CCC(CNC(=O)C(O)c2ccccc2)CC1. The Morgan fingerprint density at radius 2 is 2.00 bits per heavy atom. The van der Waals surface area contributed by atoms with Crippen molar-refractivity contribution in [2.45, 2.75) is 18.9 Å². The standard InChI is InChI=1S/C15H22N2O2/c1-17-9-7-12(8-10-17)11-16-15(19)14(18)13-5-3-2-4-6-13/h2-6,12,14,18H,7-11H2,1H3,(H,16,19). The van der Waals surface area contributed by atoms with Gasteiger partial charge in [-0.3, -0.25) is 4.79 Å². The predicted octanol–water partition coefficient (Wildman–Crippen LogP) is 1.18. The number of carbonyl (C=O) groups excluding carboxylic acids is 1. The molecule has 2 rings (SSSR count). The fourth-order valence-corrected chi connectivity index (χ4v) is 2.39. The average molecular weight is 262 g/mol. The minimum atomic E-state index is -1.06. The highest BCUT2D eigenvalue weighted by Crippen LogP contribution is 2.16. The second kappa shape index (κ2) is 6.68. The van der Waals surface area contributed by atoms with Crippen molar-refractivity contribution >= 4 is 5.91 Å². The van der Waals surface area contributed by atoms with E-state index in [0.29, 0.717) is 18.0 Å². The molecule has 4 heteroatoms. The molecule has 0 saturated carbocycles.